The molecule has 0 saturated carbocycles. The van der Waals surface area contributed by atoms with Gasteiger partial charge in [-0.15, -0.1) is 11.8 Å². The topological polar surface area (TPSA) is 95.7 Å². The Hall–Kier alpha value is -1.80. The number of aromatic nitrogens is 2. The van der Waals surface area contributed by atoms with Crippen molar-refractivity contribution in [2.45, 2.75) is 31.7 Å². The van der Waals surface area contributed by atoms with E-state index in [2.05, 4.69) is 4.98 Å². The Kier molecular flexibility index (Phi) is 3.97. The lowest BCUT2D eigenvalue weighted by Gasteiger charge is -2.46. The van der Waals surface area contributed by atoms with Crippen molar-refractivity contribution in [2.24, 2.45) is 18.9 Å². The van der Waals surface area contributed by atoms with Crippen molar-refractivity contribution in [1.29, 1.82) is 0 Å². The largest absolute Gasteiger partial charge is 0.477 e. The van der Waals surface area contributed by atoms with Crippen LogP contribution in [0.2, 0.25) is 0 Å². The lowest BCUT2D eigenvalue weighted by Crippen LogP contribution is -2.63. The fourth-order valence-electron chi connectivity index (χ4n) is 3.39. The lowest BCUT2D eigenvalue weighted by atomic mass is 9.79. The second kappa shape index (κ2) is 5.68. The number of thioether (sulfide) groups is 1. The molecule has 1 aromatic rings. The molecule has 2 N–H and O–H groups in total. The molecule has 1 fully saturated rings. The van der Waals surface area contributed by atoms with Gasteiger partial charge in [-0.2, -0.15) is 0 Å². The first-order valence-corrected chi connectivity index (χ1v) is 8.40. The van der Waals surface area contributed by atoms with Crippen LogP contribution < -0.4 is 0 Å². The first kappa shape index (κ1) is 16.1. The molecule has 4 atom stereocenters. The number of β-lactam (4-membered cyclic amide) rings is 1. The van der Waals surface area contributed by atoms with Gasteiger partial charge in [0.25, 0.3) is 0 Å². The molecule has 2 aliphatic rings. The van der Waals surface area contributed by atoms with E-state index in [4.69, 9.17) is 0 Å². The van der Waals surface area contributed by atoms with E-state index in [9.17, 15) is 19.8 Å². The molecule has 1 saturated heterocycles. The van der Waals surface area contributed by atoms with E-state index < -0.39 is 18.0 Å². The Morgan fingerprint density at radius 2 is 2.22 bits per heavy atom. The fraction of sp³-hybridized carbons (Fsp3) is 0.533. The normalized spacial score (nSPS) is 27.9. The van der Waals surface area contributed by atoms with Gasteiger partial charge < -0.3 is 19.7 Å². The average Bonchev–Trinajstić information content (AvgIpc) is 2.97. The summed E-state index contributed by atoms with van der Waals surface area (Å²) in [6.07, 6.45) is 2.75. The van der Waals surface area contributed by atoms with Gasteiger partial charge in [-0.3, -0.25) is 4.79 Å². The van der Waals surface area contributed by atoms with Crippen LogP contribution in [0.4, 0.5) is 0 Å². The summed E-state index contributed by atoms with van der Waals surface area (Å²) in [6.45, 7) is 3.49. The van der Waals surface area contributed by atoms with Crippen molar-refractivity contribution >= 4 is 23.6 Å². The van der Waals surface area contributed by atoms with Crippen LogP contribution in [-0.2, 0) is 22.4 Å². The molecular weight excluding hydrogens is 318 g/mol. The molecule has 0 bridgehead atoms. The fourth-order valence-corrected chi connectivity index (χ4v) is 4.68. The number of aliphatic carboxylic acids is 1. The van der Waals surface area contributed by atoms with Crippen LogP contribution in [0.1, 0.15) is 19.7 Å². The SMILES string of the molecule is CC(O)[C@H]1C(=O)N2C(C(=O)O)=C(SCc3nccn3C)[C@H](C)C12. The molecule has 2 aliphatic heterocycles. The minimum atomic E-state index is -1.10. The summed E-state index contributed by atoms with van der Waals surface area (Å²) in [6, 6.07) is -0.266. The minimum Gasteiger partial charge on any atom is -0.477 e. The summed E-state index contributed by atoms with van der Waals surface area (Å²) < 4.78 is 1.88. The Morgan fingerprint density at radius 3 is 2.74 bits per heavy atom. The number of hydrogen-bond donors (Lipinski definition) is 2. The van der Waals surface area contributed by atoms with Crippen molar-refractivity contribution in [2.75, 3.05) is 0 Å². The van der Waals surface area contributed by atoms with Crippen LogP contribution in [0, 0.1) is 11.8 Å². The van der Waals surface area contributed by atoms with E-state index >= 15 is 0 Å². The molecule has 7 nitrogen and oxygen atoms in total. The number of aliphatic hydroxyl groups is 1. The molecule has 0 aliphatic carbocycles. The zero-order valence-corrected chi connectivity index (χ0v) is 13.9. The predicted octanol–water partition coefficient (Wildman–Crippen LogP) is 0.807. The molecule has 23 heavy (non-hydrogen) atoms. The molecule has 2 unspecified atom stereocenters. The Morgan fingerprint density at radius 1 is 1.52 bits per heavy atom. The smallest absolute Gasteiger partial charge is 0.353 e. The number of imidazole rings is 1. The summed E-state index contributed by atoms with van der Waals surface area (Å²) in [5.74, 6) is -0.657. The van der Waals surface area contributed by atoms with E-state index in [0.717, 1.165) is 5.82 Å². The Balaban J connectivity index is 1.87. The number of rotatable bonds is 5. The van der Waals surface area contributed by atoms with E-state index in [1.54, 1.807) is 13.1 Å². The van der Waals surface area contributed by atoms with E-state index in [1.807, 2.05) is 24.7 Å². The van der Waals surface area contributed by atoms with Crippen molar-refractivity contribution in [3.63, 3.8) is 0 Å². The number of aliphatic hydroxyl groups excluding tert-OH is 1. The number of carbonyl (C=O) groups excluding carboxylic acids is 1. The van der Waals surface area contributed by atoms with Gasteiger partial charge in [0.05, 0.1) is 23.8 Å². The molecule has 3 rings (SSSR count). The lowest BCUT2D eigenvalue weighted by molar-refractivity contribution is -0.163. The number of aryl methyl sites for hydroxylation is 1. The summed E-state index contributed by atoms with van der Waals surface area (Å²) in [4.78, 5) is 30.1. The second-order valence-corrected chi connectivity index (χ2v) is 7.03. The number of carboxylic acids is 1. The molecule has 0 aromatic carbocycles. The number of fused-ring (bicyclic) bond motifs is 1. The standard InChI is InChI=1S/C15H19N3O4S/c1-7-11-10(8(2)19)14(20)18(11)12(15(21)22)13(7)23-6-9-16-4-5-17(9)3/h4-5,7-8,10-11,19H,6H2,1-3H3,(H,21,22)/t7-,8?,10-,11?/m1/s1. The van der Waals surface area contributed by atoms with Crippen LogP contribution in [0.5, 0.6) is 0 Å². The Bertz CT molecular complexity index is 697. The van der Waals surface area contributed by atoms with Gasteiger partial charge in [0.15, 0.2) is 0 Å². The molecule has 1 amide bonds. The van der Waals surface area contributed by atoms with E-state index in [0.29, 0.717) is 10.7 Å². The van der Waals surface area contributed by atoms with Gasteiger partial charge in [0.1, 0.15) is 11.5 Å². The van der Waals surface area contributed by atoms with Gasteiger partial charge in [0.2, 0.25) is 5.91 Å². The maximum absolute atomic E-state index is 12.2. The van der Waals surface area contributed by atoms with E-state index in [-0.39, 0.29) is 23.6 Å². The number of amides is 1. The predicted molar refractivity (Wildman–Crippen MR) is 84.1 cm³/mol. The first-order chi connectivity index (χ1) is 10.8. The second-order valence-electron chi connectivity index (χ2n) is 6.01. The first-order valence-electron chi connectivity index (χ1n) is 7.42. The van der Waals surface area contributed by atoms with E-state index in [1.165, 1.54) is 16.7 Å². The van der Waals surface area contributed by atoms with Gasteiger partial charge in [-0.1, -0.05) is 6.92 Å². The summed E-state index contributed by atoms with van der Waals surface area (Å²) in [5, 5.41) is 19.3. The van der Waals surface area contributed by atoms with Crippen LogP contribution in [0.3, 0.4) is 0 Å². The number of hydrogen-bond acceptors (Lipinski definition) is 5. The summed E-state index contributed by atoms with van der Waals surface area (Å²) in [7, 11) is 1.88. The van der Waals surface area contributed by atoms with Crippen molar-refractivity contribution in [3.8, 4) is 0 Å². The van der Waals surface area contributed by atoms with Gasteiger partial charge >= 0.3 is 5.97 Å². The third kappa shape index (κ3) is 2.36. The maximum atomic E-state index is 12.2. The van der Waals surface area contributed by atoms with Crippen LogP contribution in [0.25, 0.3) is 0 Å². The average molecular weight is 337 g/mol. The molecule has 3 heterocycles. The van der Waals surface area contributed by atoms with Crippen LogP contribution in [-0.4, -0.2) is 48.7 Å². The summed E-state index contributed by atoms with van der Waals surface area (Å²) in [5.41, 5.74) is 0.0589. The zero-order valence-electron chi connectivity index (χ0n) is 13.1. The third-order valence-corrected chi connectivity index (χ3v) is 5.87. The number of nitrogens with zero attached hydrogens (tertiary/aromatic N) is 3. The molecule has 0 radical (unpaired) electrons. The number of carbonyl (C=O) groups is 2. The minimum absolute atomic E-state index is 0.0589. The molecule has 0 spiro atoms. The summed E-state index contributed by atoms with van der Waals surface area (Å²) >= 11 is 1.40. The molecular formula is C15H19N3O4S. The highest BCUT2D eigenvalue weighted by molar-refractivity contribution is 8.02. The quantitative estimate of drug-likeness (QED) is 0.772. The van der Waals surface area contributed by atoms with Crippen molar-refractivity contribution in [1.82, 2.24) is 14.5 Å². The van der Waals surface area contributed by atoms with Gasteiger partial charge in [-0.05, 0) is 6.92 Å². The molecule has 124 valence electrons. The third-order valence-electron chi connectivity index (χ3n) is 4.59. The highest BCUT2D eigenvalue weighted by atomic mass is 32.2. The highest BCUT2D eigenvalue weighted by Gasteiger charge is 2.59. The Labute approximate surface area is 138 Å². The van der Waals surface area contributed by atoms with Crippen LogP contribution in [0.15, 0.2) is 23.0 Å². The molecule has 1 aromatic heterocycles. The maximum Gasteiger partial charge on any atom is 0.353 e. The molecule has 8 heteroatoms. The highest BCUT2D eigenvalue weighted by Crippen LogP contribution is 2.50. The monoisotopic (exact) mass is 337 g/mol. The van der Waals surface area contributed by atoms with Gasteiger partial charge in [0, 0.05) is 30.3 Å². The van der Waals surface area contributed by atoms with Crippen molar-refractivity contribution in [3.05, 3.63) is 28.8 Å². The van der Waals surface area contributed by atoms with Crippen LogP contribution >= 0.6 is 11.8 Å². The number of carboxylic acid groups (broad SMARTS) is 1. The van der Waals surface area contributed by atoms with Gasteiger partial charge in [-0.25, -0.2) is 9.78 Å². The zero-order chi connectivity index (χ0) is 16.9. The van der Waals surface area contributed by atoms with Crippen molar-refractivity contribution < 1.29 is 19.8 Å².